The molecule has 1 aromatic heterocycles. The standard InChI is InChI=1S/C19H17Cl2N3O3S/c1-11-4-3-5-12(2)18(11)26-9-17-23-24-19(27-17)28-10-16(25)22-13-6-7-14(20)15(21)8-13/h3-8H,9-10H2,1-2H3,(H,22,25). The van der Waals surface area contributed by atoms with Crippen LogP contribution in [-0.4, -0.2) is 21.9 Å². The van der Waals surface area contributed by atoms with Crippen LogP contribution in [0.15, 0.2) is 46.0 Å². The molecule has 9 heteroatoms. The van der Waals surface area contributed by atoms with Gasteiger partial charge < -0.3 is 14.5 Å². The molecular formula is C19H17Cl2N3O3S. The first-order valence-electron chi connectivity index (χ1n) is 8.31. The third kappa shape index (κ3) is 5.41. The van der Waals surface area contributed by atoms with E-state index in [0.29, 0.717) is 26.8 Å². The summed E-state index contributed by atoms with van der Waals surface area (Å²) in [6, 6.07) is 10.8. The van der Waals surface area contributed by atoms with Crippen molar-refractivity contribution in [1.82, 2.24) is 10.2 Å². The van der Waals surface area contributed by atoms with Crippen molar-refractivity contribution < 1.29 is 13.9 Å². The van der Waals surface area contributed by atoms with Crippen molar-refractivity contribution in [2.24, 2.45) is 0 Å². The van der Waals surface area contributed by atoms with Crippen molar-refractivity contribution in [2.45, 2.75) is 25.7 Å². The van der Waals surface area contributed by atoms with Crippen LogP contribution >= 0.6 is 35.0 Å². The first kappa shape index (κ1) is 20.5. The third-order valence-corrected chi connectivity index (χ3v) is 5.28. The number of nitrogens with zero attached hydrogens (tertiary/aromatic N) is 2. The molecule has 0 aliphatic heterocycles. The number of aromatic nitrogens is 2. The Morgan fingerprint density at radius 2 is 1.89 bits per heavy atom. The van der Waals surface area contributed by atoms with Gasteiger partial charge in [-0.2, -0.15) is 0 Å². The molecule has 0 radical (unpaired) electrons. The topological polar surface area (TPSA) is 77.2 Å². The number of carbonyl (C=O) groups excluding carboxylic acids is 1. The highest BCUT2D eigenvalue weighted by Crippen LogP contribution is 2.26. The number of amides is 1. The van der Waals surface area contributed by atoms with Crippen molar-refractivity contribution in [3.63, 3.8) is 0 Å². The maximum atomic E-state index is 12.1. The minimum absolute atomic E-state index is 0.111. The predicted octanol–water partition coefficient (Wildman–Crippen LogP) is 5.30. The van der Waals surface area contributed by atoms with Crippen LogP contribution in [0.25, 0.3) is 0 Å². The smallest absolute Gasteiger partial charge is 0.277 e. The van der Waals surface area contributed by atoms with E-state index in [0.717, 1.165) is 28.6 Å². The molecule has 0 saturated heterocycles. The molecule has 0 saturated carbocycles. The van der Waals surface area contributed by atoms with Gasteiger partial charge in [-0.15, -0.1) is 10.2 Å². The van der Waals surface area contributed by atoms with E-state index in [1.165, 1.54) is 0 Å². The number of aryl methyl sites for hydroxylation is 2. The number of rotatable bonds is 7. The van der Waals surface area contributed by atoms with Crippen LogP contribution in [0.2, 0.25) is 10.0 Å². The van der Waals surface area contributed by atoms with Crippen LogP contribution in [0.4, 0.5) is 5.69 Å². The SMILES string of the molecule is Cc1cccc(C)c1OCc1nnc(SCC(=O)Nc2ccc(Cl)c(Cl)c2)o1. The fourth-order valence-electron chi connectivity index (χ4n) is 2.41. The van der Waals surface area contributed by atoms with Crippen LogP contribution in [0.5, 0.6) is 5.75 Å². The summed E-state index contributed by atoms with van der Waals surface area (Å²) in [6.45, 7) is 4.11. The summed E-state index contributed by atoms with van der Waals surface area (Å²) in [7, 11) is 0. The Morgan fingerprint density at radius 3 is 2.61 bits per heavy atom. The number of hydrogen-bond acceptors (Lipinski definition) is 6. The lowest BCUT2D eigenvalue weighted by molar-refractivity contribution is -0.113. The van der Waals surface area contributed by atoms with E-state index in [-0.39, 0.29) is 18.3 Å². The van der Waals surface area contributed by atoms with E-state index >= 15 is 0 Å². The number of carbonyl (C=O) groups is 1. The summed E-state index contributed by atoms with van der Waals surface area (Å²) in [5.41, 5.74) is 2.63. The van der Waals surface area contributed by atoms with Gasteiger partial charge in [0, 0.05) is 5.69 Å². The van der Waals surface area contributed by atoms with Crippen LogP contribution < -0.4 is 10.1 Å². The first-order chi connectivity index (χ1) is 13.4. The number of nitrogens with one attached hydrogen (secondary N) is 1. The molecule has 0 bridgehead atoms. The van der Waals surface area contributed by atoms with Crippen molar-refractivity contribution in [1.29, 1.82) is 0 Å². The van der Waals surface area contributed by atoms with Crippen molar-refractivity contribution >= 4 is 46.6 Å². The van der Waals surface area contributed by atoms with Crippen molar-refractivity contribution in [3.05, 3.63) is 63.5 Å². The van der Waals surface area contributed by atoms with Gasteiger partial charge in [0.1, 0.15) is 5.75 Å². The molecule has 0 unspecified atom stereocenters. The molecule has 0 aliphatic rings. The van der Waals surface area contributed by atoms with Crippen molar-refractivity contribution in [3.8, 4) is 5.75 Å². The van der Waals surface area contributed by atoms with Crippen LogP contribution in [-0.2, 0) is 11.4 Å². The largest absolute Gasteiger partial charge is 0.483 e. The van der Waals surface area contributed by atoms with Gasteiger partial charge in [-0.3, -0.25) is 4.79 Å². The van der Waals surface area contributed by atoms with Gasteiger partial charge >= 0.3 is 0 Å². The Balaban J connectivity index is 1.50. The van der Waals surface area contributed by atoms with E-state index in [1.807, 2.05) is 32.0 Å². The van der Waals surface area contributed by atoms with E-state index in [4.69, 9.17) is 32.4 Å². The summed E-state index contributed by atoms with van der Waals surface area (Å²) in [5.74, 6) is 1.03. The van der Waals surface area contributed by atoms with Gasteiger partial charge in [-0.1, -0.05) is 53.2 Å². The summed E-state index contributed by atoms with van der Waals surface area (Å²) in [4.78, 5) is 12.1. The molecule has 1 N–H and O–H groups in total. The number of anilines is 1. The molecule has 0 spiro atoms. The van der Waals surface area contributed by atoms with Crippen LogP contribution in [0.1, 0.15) is 17.0 Å². The summed E-state index contributed by atoms with van der Waals surface area (Å²) in [5, 5.41) is 11.7. The Labute approximate surface area is 176 Å². The van der Waals surface area contributed by atoms with Gasteiger partial charge in [-0.25, -0.2) is 0 Å². The molecule has 146 valence electrons. The Bertz CT molecular complexity index is 974. The van der Waals surface area contributed by atoms with Crippen LogP contribution in [0.3, 0.4) is 0 Å². The number of hydrogen-bond donors (Lipinski definition) is 1. The van der Waals surface area contributed by atoms with Crippen LogP contribution in [0, 0.1) is 13.8 Å². The third-order valence-electron chi connectivity index (χ3n) is 3.73. The average Bonchev–Trinajstić information content (AvgIpc) is 3.11. The number of para-hydroxylation sites is 1. The molecule has 0 atom stereocenters. The zero-order valence-electron chi connectivity index (χ0n) is 15.2. The maximum absolute atomic E-state index is 12.1. The summed E-state index contributed by atoms with van der Waals surface area (Å²) >= 11 is 12.9. The lowest BCUT2D eigenvalue weighted by atomic mass is 10.1. The lowest BCUT2D eigenvalue weighted by Crippen LogP contribution is -2.13. The monoisotopic (exact) mass is 437 g/mol. The molecule has 1 amide bonds. The maximum Gasteiger partial charge on any atom is 0.277 e. The Hall–Kier alpha value is -2.22. The predicted molar refractivity (Wildman–Crippen MR) is 110 cm³/mol. The molecule has 1 heterocycles. The second-order valence-electron chi connectivity index (χ2n) is 5.94. The zero-order valence-corrected chi connectivity index (χ0v) is 17.5. The van der Waals surface area contributed by atoms with E-state index < -0.39 is 0 Å². The lowest BCUT2D eigenvalue weighted by Gasteiger charge is -2.09. The van der Waals surface area contributed by atoms with E-state index in [2.05, 4.69) is 15.5 Å². The van der Waals surface area contributed by atoms with E-state index in [1.54, 1.807) is 18.2 Å². The highest BCUT2D eigenvalue weighted by molar-refractivity contribution is 7.99. The minimum atomic E-state index is -0.227. The van der Waals surface area contributed by atoms with E-state index in [9.17, 15) is 4.79 Å². The summed E-state index contributed by atoms with van der Waals surface area (Å²) < 4.78 is 11.3. The Morgan fingerprint density at radius 1 is 1.14 bits per heavy atom. The average molecular weight is 438 g/mol. The van der Waals surface area contributed by atoms with Gasteiger partial charge in [0.15, 0.2) is 6.61 Å². The van der Waals surface area contributed by atoms with Gasteiger partial charge in [0.2, 0.25) is 5.91 Å². The second kappa shape index (κ2) is 9.32. The molecule has 0 fully saturated rings. The first-order valence-corrected chi connectivity index (χ1v) is 10.1. The molecule has 0 aliphatic carbocycles. The minimum Gasteiger partial charge on any atom is -0.483 e. The fourth-order valence-corrected chi connectivity index (χ4v) is 3.29. The molecule has 3 aromatic rings. The van der Waals surface area contributed by atoms with Gasteiger partial charge in [-0.05, 0) is 43.2 Å². The normalized spacial score (nSPS) is 10.7. The fraction of sp³-hybridized carbons (Fsp3) is 0.211. The van der Waals surface area contributed by atoms with Crippen molar-refractivity contribution in [2.75, 3.05) is 11.1 Å². The number of thioether (sulfide) groups is 1. The highest BCUT2D eigenvalue weighted by Gasteiger charge is 2.12. The highest BCUT2D eigenvalue weighted by atomic mass is 35.5. The van der Waals surface area contributed by atoms with Gasteiger partial charge in [0.05, 0.1) is 15.8 Å². The molecule has 6 nitrogen and oxygen atoms in total. The summed E-state index contributed by atoms with van der Waals surface area (Å²) in [6.07, 6.45) is 0. The van der Waals surface area contributed by atoms with Gasteiger partial charge in [0.25, 0.3) is 11.1 Å². The Kier molecular flexibility index (Phi) is 6.83. The second-order valence-corrected chi connectivity index (χ2v) is 7.68. The number of halogens is 2. The molecule has 3 rings (SSSR count). The quantitative estimate of drug-likeness (QED) is 0.505. The molecule has 2 aromatic carbocycles. The molecular weight excluding hydrogens is 421 g/mol. The number of benzene rings is 2. The zero-order chi connectivity index (χ0) is 20.1. The number of ether oxygens (including phenoxy) is 1. The molecule has 28 heavy (non-hydrogen) atoms.